The molecule has 0 fully saturated rings. The summed E-state index contributed by atoms with van der Waals surface area (Å²) in [7, 11) is 1.99. The largest absolute Gasteiger partial charge is 0.379 e. The summed E-state index contributed by atoms with van der Waals surface area (Å²) in [6.07, 6.45) is 0.935. The predicted molar refractivity (Wildman–Crippen MR) is 91.2 cm³/mol. The van der Waals surface area contributed by atoms with Crippen LogP contribution in [0.15, 0.2) is 21.1 Å². The van der Waals surface area contributed by atoms with Crippen molar-refractivity contribution in [2.24, 2.45) is 7.05 Å². The Hall–Kier alpha value is -0.810. The lowest BCUT2D eigenvalue weighted by Gasteiger charge is -2.14. The number of hydrogen-bond donors (Lipinski definition) is 1. The molecule has 0 saturated heterocycles. The average Bonchev–Trinajstić information content (AvgIpc) is 2.64. The number of aryl methyl sites for hydroxylation is 4. The minimum atomic E-state index is 0.757. The van der Waals surface area contributed by atoms with Crippen LogP contribution in [0.3, 0.4) is 0 Å². The van der Waals surface area contributed by atoms with Crippen molar-refractivity contribution in [2.45, 2.75) is 33.7 Å². The van der Waals surface area contributed by atoms with Crippen LogP contribution >= 0.6 is 31.9 Å². The average molecular weight is 401 g/mol. The van der Waals surface area contributed by atoms with Crippen LogP contribution in [0.2, 0.25) is 0 Å². The summed E-state index contributed by atoms with van der Waals surface area (Å²) in [6.45, 7) is 7.12. The lowest BCUT2D eigenvalue weighted by Crippen LogP contribution is -2.08. The van der Waals surface area contributed by atoms with Gasteiger partial charge in [-0.2, -0.15) is 5.10 Å². The Balaban J connectivity index is 2.24. The molecule has 20 heavy (non-hydrogen) atoms. The van der Waals surface area contributed by atoms with Crippen molar-refractivity contribution in [2.75, 3.05) is 5.32 Å². The fraction of sp³-hybridized carbons (Fsp3) is 0.400. The molecule has 0 unspecified atom stereocenters. The topological polar surface area (TPSA) is 29.9 Å². The molecule has 1 aromatic carbocycles. The fourth-order valence-electron chi connectivity index (χ4n) is 2.37. The van der Waals surface area contributed by atoms with E-state index in [1.807, 2.05) is 11.7 Å². The van der Waals surface area contributed by atoms with E-state index in [1.54, 1.807) is 0 Å². The van der Waals surface area contributed by atoms with E-state index in [1.165, 1.54) is 22.5 Å². The van der Waals surface area contributed by atoms with E-state index < -0.39 is 0 Å². The van der Waals surface area contributed by atoms with Gasteiger partial charge < -0.3 is 5.32 Å². The number of nitrogens with zero attached hydrogens (tertiary/aromatic N) is 2. The molecule has 0 spiro atoms. The summed E-state index contributed by atoms with van der Waals surface area (Å²) in [5.41, 5.74) is 5.95. The molecule has 0 aliphatic carbocycles. The van der Waals surface area contributed by atoms with Gasteiger partial charge in [-0.15, -0.1) is 0 Å². The first-order chi connectivity index (χ1) is 9.43. The van der Waals surface area contributed by atoms with E-state index >= 15 is 0 Å². The second-order valence-corrected chi connectivity index (χ2v) is 6.66. The van der Waals surface area contributed by atoms with E-state index in [0.717, 1.165) is 27.6 Å². The number of nitrogens with one attached hydrogen (secondary N) is 1. The molecule has 0 radical (unpaired) electrons. The van der Waals surface area contributed by atoms with E-state index in [2.05, 4.69) is 75.2 Å². The smallest absolute Gasteiger partial charge is 0.0767 e. The molecule has 0 atom stereocenters. The highest BCUT2D eigenvalue weighted by Crippen LogP contribution is 2.27. The van der Waals surface area contributed by atoms with Gasteiger partial charge in [0.1, 0.15) is 0 Å². The fourth-order valence-corrected chi connectivity index (χ4v) is 3.82. The highest BCUT2D eigenvalue weighted by atomic mass is 79.9. The van der Waals surface area contributed by atoms with Crippen molar-refractivity contribution in [3.8, 4) is 0 Å². The summed E-state index contributed by atoms with van der Waals surface area (Å²) in [6, 6.07) is 4.26. The van der Waals surface area contributed by atoms with Crippen molar-refractivity contribution in [1.29, 1.82) is 0 Å². The van der Waals surface area contributed by atoms with Crippen molar-refractivity contribution in [3.63, 3.8) is 0 Å². The molecule has 108 valence electrons. The maximum absolute atomic E-state index is 4.52. The zero-order valence-corrected chi connectivity index (χ0v) is 15.4. The first kappa shape index (κ1) is 15.6. The molecule has 5 heteroatoms. The molecule has 2 rings (SSSR count). The van der Waals surface area contributed by atoms with Crippen LogP contribution in [0.5, 0.6) is 0 Å². The quantitative estimate of drug-likeness (QED) is 0.803. The van der Waals surface area contributed by atoms with E-state index in [4.69, 9.17) is 0 Å². The molecule has 0 aliphatic rings. The van der Waals surface area contributed by atoms with Gasteiger partial charge in [-0.05, 0) is 59.5 Å². The van der Waals surface area contributed by atoms with Crippen molar-refractivity contribution >= 4 is 37.5 Å². The molecule has 0 aliphatic heterocycles. The van der Waals surface area contributed by atoms with Crippen LogP contribution in [0, 0.1) is 13.8 Å². The van der Waals surface area contributed by atoms with Gasteiger partial charge in [0.15, 0.2) is 0 Å². The Kier molecular flexibility index (Phi) is 4.91. The summed E-state index contributed by atoms with van der Waals surface area (Å²) in [5.74, 6) is 0. The summed E-state index contributed by atoms with van der Waals surface area (Å²) >= 11 is 7.18. The number of rotatable bonds is 4. The summed E-state index contributed by atoms with van der Waals surface area (Å²) in [4.78, 5) is 0. The molecule has 1 aromatic heterocycles. The third-order valence-electron chi connectivity index (χ3n) is 3.43. The van der Waals surface area contributed by atoms with Crippen LogP contribution in [-0.4, -0.2) is 9.78 Å². The number of aromatic nitrogens is 2. The second kappa shape index (κ2) is 6.31. The maximum Gasteiger partial charge on any atom is 0.0767 e. The molecular formula is C15H19Br2N3. The van der Waals surface area contributed by atoms with Crippen LogP contribution < -0.4 is 5.32 Å². The molecule has 0 saturated carbocycles. The number of hydrogen-bond acceptors (Lipinski definition) is 2. The third-order valence-corrected chi connectivity index (χ3v) is 4.81. The molecular weight excluding hydrogens is 382 g/mol. The van der Waals surface area contributed by atoms with E-state index in [0.29, 0.717) is 0 Å². The van der Waals surface area contributed by atoms with Crippen LogP contribution in [0.4, 0.5) is 5.69 Å². The van der Waals surface area contributed by atoms with Gasteiger partial charge in [0.2, 0.25) is 0 Å². The monoisotopic (exact) mass is 399 g/mol. The van der Waals surface area contributed by atoms with Crippen molar-refractivity contribution < 1.29 is 0 Å². The SMILES string of the molecule is CCc1nn(C)c(CNc2c(C)cc(Br)cc2C)c1Br. The minimum Gasteiger partial charge on any atom is -0.379 e. The minimum absolute atomic E-state index is 0.757. The highest BCUT2D eigenvalue weighted by molar-refractivity contribution is 9.10. The number of benzene rings is 1. The molecule has 0 bridgehead atoms. The Morgan fingerprint density at radius 1 is 1.20 bits per heavy atom. The zero-order valence-electron chi connectivity index (χ0n) is 12.2. The molecule has 3 nitrogen and oxygen atoms in total. The second-order valence-electron chi connectivity index (χ2n) is 4.95. The van der Waals surface area contributed by atoms with Crippen LogP contribution in [0.25, 0.3) is 0 Å². The molecule has 2 aromatic rings. The van der Waals surface area contributed by atoms with Crippen LogP contribution in [-0.2, 0) is 20.0 Å². The Bertz CT molecular complexity index is 609. The Morgan fingerprint density at radius 3 is 2.30 bits per heavy atom. The normalized spacial score (nSPS) is 10.9. The van der Waals surface area contributed by atoms with Gasteiger partial charge >= 0.3 is 0 Å². The maximum atomic E-state index is 4.52. The third kappa shape index (κ3) is 3.09. The van der Waals surface area contributed by atoms with Gasteiger partial charge in [0.25, 0.3) is 0 Å². The molecule has 1 N–H and O–H groups in total. The predicted octanol–water partition coefficient (Wildman–Crippen LogP) is 4.74. The lowest BCUT2D eigenvalue weighted by atomic mass is 10.1. The summed E-state index contributed by atoms with van der Waals surface area (Å²) in [5, 5.41) is 8.05. The van der Waals surface area contributed by atoms with Crippen molar-refractivity contribution in [1.82, 2.24) is 9.78 Å². The standard InChI is InChI=1S/C15H19Br2N3/c1-5-12-14(17)13(20(4)19-12)8-18-15-9(2)6-11(16)7-10(15)3/h6-7,18H,5,8H2,1-4H3. The molecule has 0 amide bonds. The Morgan fingerprint density at radius 2 is 1.80 bits per heavy atom. The molecule has 1 heterocycles. The van der Waals surface area contributed by atoms with Crippen molar-refractivity contribution in [3.05, 3.63) is 43.6 Å². The van der Waals surface area contributed by atoms with Gasteiger partial charge in [0, 0.05) is 17.2 Å². The van der Waals surface area contributed by atoms with E-state index in [-0.39, 0.29) is 0 Å². The zero-order chi connectivity index (χ0) is 14.9. The summed E-state index contributed by atoms with van der Waals surface area (Å²) < 4.78 is 4.18. The van der Waals surface area contributed by atoms with Gasteiger partial charge in [0.05, 0.1) is 22.4 Å². The van der Waals surface area contributed by atoms with E-state index in [9.17, 15) is 0 Å². The number of halogens is 2. The van der Waals surface area contributed by atoms with Gasteiger partial charge in [-0.1, -0.05) is 22.9 Å². The lowest BCUT2D eigenvalue weighted by molar-refractivity contribution is 0.706. The first-order valence-corrected chi connectivity index (χ1v) is 8.23. The first-order valence-electron chi connectivity index (χ1n) is 6.64. The van der Waals surface area contributed by atoms with Gasteiger partial charge in [-0.3, -0.25) is 4.68 Å². The van der Waals surface area contributed by atoms with Crippen LogP contribution in [0.1, 0.15) is 29.4 Å². The highest BCUT2D eigenvalue weighted by Gasteiger charge is 2.13. The Labute approximate surface area is 137 Å². The number of anilines is 1. The van der Waals surface area contributed by atoms with Gasteiger partial charge in [-0.25, -0.2) is 0 Å².